The molecule has 7 nitrogen and oxygen atoms in total. The lowest BCUT2D eigenvalue weighted by Gasteiger charge is -2.33. The highest BCUT2D eigenvalue weighted by molar-refractivity contribution is 5.77. The van der Waals surface area contributed by atoms with Gasteiger partial charge in [0.15, 0.2) is 6.61 Å². The maximum atomic E-state index is 12.5. The first kappa shape index (κ1) is 17.0. The van der Waals surface area contributed by atoms with E-state index in [2.05, 4.69) is 16.2 Å². The van der Waals surface area contributed by atoms with Crippen molar-refractivity contribution in [1.82, 2.24) is 19.7 Å². The van der Waals surface area contributed by atoms with E-state index in [1.807, 2.05) is 23.4 Å². The molecule has 0 saturated carbocycles. The molecule has 130 valence electrons. The number of nitriles is 1. The van der Waals surface area contributed by atoms with Gasteiger partial charge in [-0.1, -0.05) is 6.07 Å². The molecule has 0 radical (unpaired) electrons. The Morgan fingerprint density at radius 2 is 2.28 bits per heavy atom. The predicted octanol–water partition coefficient (Wildman–Crippen LogP) is 2.01. The standard InChI is InChI=1S/C18H21N5O2/c1-13-20-14(2)23(21-13)16-6-4-8-22(11-16)18(24)12-25-17-7-3-5-15(9-17)10-19/h3,5,7,9,16H,4,6,8,11-12H2,1-2H3/t16-/m1/s1. The van der Waals surface area contributed by atoms with E-state index in [1.54, 1.807) is 24.3 Å². The third-order valence-corrected chi connectivity index (χ3v) is 4.33. The van der Waals surface area contributed by atoms with Gasteiger partial charge in [0, 0.05) is 13.1 Å². The summed E-state index contributed by atoms with van der Waals surface area (Å²) in [5.41, 5.74) is 0.514. The van der Waals surface area contributed by atoms with E-state index in [0.29, 0.717) is 17.9 Å². The lowest BCUT2D eigenvalue weighted by Crippen LogP contribution is -2.43. The molecular formula is C18H21N5O2. The number of likely N-dealkylation sites (tertiary alicyclic amines) is 1. The summed E-state index contributed by atoms with van der Waals surface area (Å²) in [6.07, 6.45) is 1.91. The van der Waals surface area contributed by atoms with E-state index in [4.69, 9.17) is 10.00 Å². The van der Waals surface area contributed by atoms with E-state index in [9.17, 15) is 4.79 Å². The summed E-state index contributed by atoms with van der Waals surface area (Å²) in [5.74, 6) is 2.10. The first-order chi connectivity index (χ1) is 12.1. The molecule has 0 aliphatic carbocycles. The molecule has 0 N–H and O–H groups in total. The van der Waals surface area contributed by atoms with Crippen molar-refractivity contribution in [2.75, 3.05) is 19.7 Å². The van der Waals surface area contributed by atoms with Gasteiger partial charge in [-0.3, -0.25) is 4.79 Å². The van der Waals surface area contributed by atoms with Gasteiger partial charge in [-0.25, -0.2) is 9.67 Å². The second-order valence-electron chi connectivity index (χ2n) is 6.21. The van der Waals surface area contributed by atoms with Crippen LogP contribution in [0.15, 0.2) is 24.3 Å². The summed E-state index contributed by atoms with van der Waals surface area (Å²) >= 11 is 0. The minimum absolute atomic E-state index is 0.0308. The number of amides is 1. The number of aryl methyl sites for hydroxylation is 2. The lowest BCUT2D eigenvalue weighted by molar-refractivity contribution is -0.135. The van der Waals surface area contributed by atoms with Gasteiger partial charge in [0.05, 0.1) is 17.7 Å². The van der Waals surface area contributed by atoms with Crippen LogP contribution < -0.4 is 4.74 Å². The van der Waals surface area contributed by atoms with Gasteiger partial charge in [-0.15, -0.1) is 0 Å². The fourth-order valence-electron chi connectivity index (χ4n) is 3.15. The molecule has 0 spiro atoms. The summed E-state index contributed by atoms with van der Waals surface area (Å²) in [5, 5.41) is 13.4. The van der Waals surface area contributed by atoms with Gasteiger partial charge in [0.2, 0.25) is 0 Å². The van der Waals surface area contributed by atoms with Crippen LogP contribution in [0.4, 0.5) is 0 Å². The van der Waals surface area contributed by atoms with Crippen LogP contribution in [0.25, 0.3) is 0 Å². The molecule has 7 heteroatoms. The van der Waals surface area contributed by atoms with Crippen molar-refractivity contribution in [3.63, 3.8) is 0 Å². The predicted molar refractivity (Wildman–Crippen MR) is 91.0 cm³/mol. The first-order valence-corrected chi connectivity index (χ1v) is 8.37. The zero-order valence-corrected chi connectivity index (χ0v) is 14.5. The van der Waals surface area contributed by atoms with Crippen LogP contribution in [0.2, 0.25) is 0 Å². The number of aromatic nitrogens is 3. The van der Waals surface area contributed by atoms with Crippen LogP contribution in [-0.2, 0) is 4.79 Å². The zero-order valence-electron chi connectivity index (χ0n) is 14.5. The molecule has 1 fully saturated rings. The monoisotopic (exact) mass is 339 g/mol. The van der Waals surface area contributed by atoms with E-state index in [-0.39, 0.29) is 18.6 Å². The molecule has 1 saturated heterocycles. The highest BCUT2D eigenvalue weighted by Gasteiger charge is 2.26. The molecule has 2 heterocycles. The van der Waals surface area contributed by atoms with Gasteiger partial charge in [-0.05, 0) is 44.9 Å². The number of hydrogen-bond acceptors (Lipinski definition) is 5. The maximum Gasteiger partial charge on any atom is 0.260 e. The third-order valence-electron chi connectivity index (χ3n) is 4.33. The average Bonchev–Trinajstić information content (AvgIpc) is 2.98. The van der Waals surface area contributed by atoms with E-state index >= 15 is 0 Å². The molecule has 1 amide bonds. The Bertz CT molecular complexity index is 808. The third kappa shape index (κ3) is 3.97. The normalized spacial score (nSPS) is 17.2. The molecule has 1 atom stereocenters. The summed E-state index contributed by atoms with van der Waals surface area (Å²) in [4.78, 5) is 18.6. The van der Waals surface area contributed by atoms with Crippen LogP contribution in [0, 0.1) is 25.2 Å². The van der Waals surface area contributed by atoms with Gasteiger partial charge in [-0.2, -0.15) is 10.4 Å². The summed E-state index contributed by atoms with van der Waals surface area (Å²) < 4.78 is 7.48. The topological polar surface area (TPSA) is 84.0 Å². The Kier molecular flexibility index (Phi) is 4.98. The summed E-state index contributed by atoms with van der Waals surface area (Å²) in [7, 11) is 0. The smallest absolute Gasteiger partial charge is 0.260 e. The van der Waals surface area contributed by atoms with Crippen molar-refractivity contribution < 1.29 is 9.53 Å². The van der Waals surface area contributed by atoms with Crippen molar-refractivity contribution in [1.29, 1.82) is 5.26 Å². The molecular weight excluding hydrogens is 318 g/mol. The number of ether oxygens (including phenoxy) is 1. The largest absolute Gasteiger partial charge is 0.484 e. The van der Waals surface area contributed by atoms with Gasteiger partial charge >= 0.3 is 0 Å². The number of benzene rings is 1. The average molecular weight is 339 g/mol. The highest BCUT2D eigenvalue weighted by Crippen LogP contribution is 2.22. The Balaban J connectivity index is 1.60. The number of rotatable bonds is 4. The minimum atomic E-state index is -0.0541. The molecule has 25 heavy (non-hydrogen) atoms. The van der Waals surface area contributed by atoms with Crippen molar-refractivity contribution in [2.45, 2.75) is 32.7 Å². The van der Waals surface area contributed by atoms with E-state index in [1.165, 1.54) is 0 Å². The van der Waals surface area contributed by atoms with Crippen molar-refractivity contribution in [2.24, 2.45) is 0 Å². The number of carbonyl (C=O) groups excluding carboxylic acids is 1. The summed E-state index contributed by atoms with van der Waals surface area (Å²) in [6.45, 7) is 5.12. The highest BCUT2D eigenvalue weighted by atomic mass is 16.5. The van der Waals surface area contributed by atoms with E-state index in [0.717, 1.165) is 31.0 Å². The Labute approximate surface area is 146 Å². The summed E-state index contributed by atoms with van der Waals surface area (Å²) in [6, 6.07) is 9.03. The quantitative estimate of drug-likeness (QED) is 0.851. The van der Waals surface area contributed by atoms with Crippen LogP contribution in [0.5, 0.6) is 5.75 Å². The number of nitrogens with zero attached hydrogens (tertiary/aromatic N) is 5. The Morgan fingerprint density at radius 3 is 3.00 bits per heavy atom. The van der Waals surface area contributed by atoms with Gasteiger partial charge in [0.1, 0.15) is 17.4 Å². The fourth-order valence-corrected chi connectivity index (χ4v) is 3.15. The molecule has 0 bridgehead atoms. The molecule has 1 aliphatic rings. The number of piperidine rings is 1. The Morgan fingerprint density at radius 1 is 1.44 bits per heavy atom. The van der Waals surface area contributed by atoms with Gasteiger partial charge < -0.3 is 9.64 Å². The molecule has 1 aromatic carbocycles. The minimum Gasteiger partial charge on any atom is -0.484 e. The van der Waals surface area contributed by atoms with Crippen LogP contribution in [-0.4, -0.2) is 45.3 Å². The van der Waals surface area contributed by atoms with Crippen LogP contribution in [0.3, 0.4) is 0 Å². The maximum absolute atomic E-state index is 12.5. The SMILES string of the molecule is Cc1nc(C)n([C@@H]2CCCN(C(=O)COc3cccc(C#N)c3)C2)n1. The van der Waals surface area contributed by atoms with Crippen LogP contribution in [0.1, 0.15) is 36.1 Å². The number of carbonyl (C=O) groups is 1. The van der Waals surface area contributed by atoms with E-state index < -0.39 is 0 Å². The lowest BCUT2D eigenvalue weighted by atomic mass is 10.1. The molecule has 0 unspecified atom stereocenters. The van der Waals surface area contributed by atoms with Crippen LogP contribution >= 0.6 is 0 Å². The zero-order chi connectivity index (χ0) is 17.8. The first-order valence-electron chi connectivity index (χ1n) is 8.37. The molecule has 1 aliphatic heterocycles. The second-order valence-corrected chi connectivity index (χ2v) is 6.21. The van der Waals surface area contributed by atoms with Gasteiger partial charge in [0.25, 0.3) is 5.91 Å². The second kappa shape index (κ2) is 7.34. The van der Waals surface area contributed by atoms with Crippen molar-refractivity contribution in [3.8, 4) is 11.8 Å². The molecule has 2 aromatic rings. The van der Waals surface area contributed by atoms with Crippen molar-refractivity contribution in [3.05, 3.63) is 41.5 Å². The van der Waals surface area contributed by atoms with Crippen molar-refractivity contribution >= 4 is 5.91 Å². The fraction of sp³-hybridized carbons (Fsp3) is 0.444. The molecule has 1 aromatic heterocycles. The molecule has 3 rings (SSSR count). The number of hydrogen-bond donors (Lipinski definition) is 0. The Hall–Kier alpha value is -2.88.